The lowest BCUT2D eigenvalue weighted by atomic mass is 9.52. The Labute approximate surface area is 209 Å². The number of nitrogens with one attached hydrogen (secondary N) is 1. The van der Waals surface area contributed by atoms with E-state index in [0.717, 1.165) is 36.6 Å². The second kappa shape index (κ2) is 7.69. The van der Waals surface area contributed by atoms with Crippen molar-refractivity contribution in [1.82, 2.24) is 9.55 Å². The maximum Gasteiger partial charge on any atom is 0.274 e. The molecule has 4 bridgehead atoms. The molecule has 3 aromatic rings. The van der Waals surface area contributed by atoms with E-state index in [1.54, 1.807) is 37.6 Å². The average molecular weight is 511 g/mol. The zero-order valence-electron chi connectivity index (χ0n) is 20.4. The largest absolute Gasteiger partial charge is 0.489 e. The Bertz CT molecular complexity index is 1500. The molecule has 1 spiro atoms. The fourth-order valence-electron chi connectivity index (χ4n) is 7.55. The highest BCUT2D eigenvalue weighted by atomic mass is 32.2. The standard InChI is InChI=1S/C27H30N2O6S/c1-29-14-22(20-5-6-28-24(20)26(29)30)21-13-19(36(2,31)32)3-4-23(21)35-25-15-9-17-11-16(25)12-18(10-15)27(17)33-7-8-34-27/h3-6,13-18,25,28H,7-12H2,1-2H3. The summed E-state index contributed by atoms with van der Waals surface area (Å²) in [5.74, 6) is 1.94. The van der Waals surface area contributed by atoms with Crippen molar-refractivity contribution in [2.45, 2.75) is 42.5 Å². The number of hydrogen-bond acceptors (Lipinski definition) is 6. The monoisotopic (exact) mass is 510 g/mol. The maximum atomic E-state index is 12.7. The van der Waals surface area contributed by atoms with Crippen LogP contribution in [0.2, 0.25) is 0 Å². The summed E-state index contributed by atoms with van der Waals surface area (Å²) in [5.41, 5.74) is 1.81. The number of fused-ring (bicyclic) bond motifs is 1. The highest BCUT2D eigenvalue weighted by Crippen LogP contribution is 2.61. The topological polar surface area (TPSA) is 99.6 Å². The highest BCUT2D eigenvalue weighted by Gasteiger charge is 2.64. The van der Waals surface area contributed by atoms with E-state index >= 15 is 0 Å². The van der Waals surface area contributed by atoms with Crippen LogP contribution >= 0.6 is 0 Å². The van der Waals surface area contributed by atoms with Crippen LogP contribution in [0.1, 0.15) is 25.7 Å². The molecule has 1 aliphatic heterocycles. The third-order valence-corrected chi connectivity index (χ3v) is 10.1. The number of pyridine rings is 1. The predicted molar refractivity (Wildman–Crippen MR) is 134 cm³/mol. The van der Waals surface area contributed by atoms with Gasteiger partial charge in [-0.2, -0.15) is 0 Å². The Kier molecular flexibility index (Phi) is 4.82. The van der Waals surface area contributed by atoms with Crippen LogP contribution < -0.4 is 10.3 Å². The molecule has 1 saturated heterocycles. The van der Waals surface area contributed by atoms with Gasteiger partial charge in [-0.1, -0.05) is 0 Å². The summed E-state index contributed by atoms with van der Waals surface area (Å²) in [7, 11) is -1.73. The number of nitrogens with zero attached hydrogens (tertiary/aromatic N) is 1. The van der Waals surface area contributed by atoms with Gasteiger partial charge in [0.15, 0.2) is 15.6 Å². The quantitative estimate of drug-likeness (QED) is 0.577. The van der Waals surface area contributed by atoms with Crippen LogP contribution in [0.25, 0.3) is 22.0 Å². The Morgan fingerprint density at radius 2 is 1.69 bits per heavy atom. The third kappa shape index (κ3) is 3.18. The summed E-state index contributed by atoms with van der Waals surface area (Å²) in [6, 6.07) is 6.94. The van der Waals surface area contributed by atoms with Gasteiger partial charge < -0.3 is 23.8 Å². The highest BCUT2D eigenvalue weighted by molar-refractivity contribution is 7.90. The number of benzene rings is 1. The van der Waals surface area contributed by atoms with Crippen molar-refractivity contribution in [2.24, 2.45) is 30.7 Å². The number of H-pyrrole nitrogens is 1. The van der Waals surface area contributed by atoms with Crippen molar-refractivity contribution in [3.8, 4) is 16.9 Å². The van der Waals surface area contributed by atoms with E-state index in [4.69, 9.17) is 14.2 Å². The van der Waals surface area contributed by atoms with Crippen LogP contribution in [0, 0.1) is 23.7 Å². The molecule has 8 nitrogen and oxygen atoms in total. The van der Waals surface area contributed by atoms with E-state index in [2.05, 4.69) is 4.98 Å². The normalized spacial score (nSPS) is 30.4. The van der Waals surface area contributed by atoms with E-state index in [9.17, 15) is 13.2 Å². The molecule has 0 amide bonds. The van der Waals surface area contributed by atoms with Gasteiger partial charge in [-0.15, -0.1) is 0 Å². The van der Waals surface area contributed by atoms with E-state index < -0.39 is 9.84 Å². The Balaban J connectivity index is 1.30. The summed E-state index contributed by atoms with van der Waals surface area (Å²) in [5, 5.41) is 0.746. The SMILES string of the molecule is Cn1cc(-c2cc(S(C)(=O)=O)ccc2OC2C3CC4CC2CC(C3)C42OCCO2)c2cc[nH]c2c1=O. The molecule has 0 unspecified atom stereocenters. The van der Waals surface area contributed by atoms with Gasteiger partial charge in [-0.25, -0.2) is 8.42 Å². The molecule has 190 valence electrons. The number of aromatic amines is 1. The van der Waals surface area contributed by atoms with Crippen molar-refractivity contribution in [2.75, 3.05) is 19.5 Å². The summed E-state index contributed by atoms with van der Waals surface area (Å²) in [6.07, 6.45) is 8.87. The fraction of sp³-hybridized carbons (Fsp3) is 0.519. The second-order valence-corrected chi connectivity index (χ2v) is 13.0. The van der Waals surface area contributed by atoms with E-state index in [-0.39, 0.29) is 22.3 Å². The van der Waals surface area contributed by atoms with Crippen molar-refractivity contribution in [1.29, 1.82) is 0 Å². The fourth-order valence-corrected chi connectivity index (χ4v) is 8.20. The minimum atomic E-state index is -3.43. The molecule has 9 heteroatoms. The number of sulfone groups is 1. The molecular weight excluding hydrogens is 480 g/mol. The Morgan fingerprint density at radius 3 is 2.33 bits per heavy atom. The van der Waals surface area contributed by atoms with Crippen LogP contribution in [0.5, 0.6) is 5.75 Å². The van der Waals surface area contributed by atoms with Crippen molar-refractivity contribution >= 4 is 20.7 Å². The van der Waals surface area contributed by atoms with Crippen LogP contribution in [0.4, 0.5) is 0 Å². The van der Waals surface area contributed by atoms with Gasteiger partial charge in [-0.3, -0.25) is 4.79 Å². The molecule has 4 saturated carbocycles. The first kappa shape index (κ1) is 22.6. The lowest BCUT2D eigenvalue weighted by Crippen LogP contribution is -2.63. The molecule has 5 fully saturated rings. The molecule has 1 N–H and O–H groups in total. The first-order valence-electron chi connectivity index (χ1n) is 12.7. The summed E-state index contributed by atoms with van der Waals surface area (Å²) < 4.78 is 45.6. The average Bonchev–Trinajstić information content (AvgIpc) is 3.51. The van der Waals surface area contributed by atoms with Gasteiger partial charge in [-0.05, 0) is 61.8 Å². The molecule has 1 aromatic carbocycles. The number of aromatic nitrogens is 2. The van der Waals surface area contributed by atoms with Gasteiger partial charge in [0.1, 0.15) is 17.4 Å². The Morgan fingerprint density at radius 1 is 1.03 bits per heavy atom. The molecule has 0 radical (unpaired) electrons. The van der Waals surface area contributed by atoms with Crippen LogP contribution in [0.3, 0.4) is 0 Å². The molecule has 4 aliphatic carbocycles. The first-order valence-corrected chi connectivity index (χ1v) is 14.6. The second-order valence-electron chi connectivity index (χ2n) is 11.0. The van der Waals surface area contributed by atoms with Gasteiger partial charge in [0.25, 0.3) is 5.56 Å². The molecule has 5 aliphatic rings. The van der Waals surface area contributed by atoms with Gasteiger partial charge in [0.2, 0.25) is 0 Å². The van der Waals surface area contributed by atoms with E-state index in [0.29, 0.717) is 53.7 Å². The smallest absolute Gasteiger partial charge is 0.274 e. The van der Waals surface area contributed by atoms with Crippen molar-refractivity contribution < 1.29 is 22.6 Å². The first-order chi connectivity index (χ1) is 17.2. The van der Waals surface area contributed by atoms with Crippen LogP contribution in [0.15, 0.2) is 46.3 Å². The summed E-state index contributed by atoms with van der Waals surface area (Å²) in [6.45, 7) is 1.37. The predicted octanol–water partition coefficient (Wildman–Crippen LogP) is 3.49. The number of hydrogen-bond donors (Lipinski definition) is 1. The molecule has 8 rings (SSSR count). The molecule has 0 atom stereocenters. The lowest BCUT2D eigenvalue weighted by Gasteiger charge is -2.60. The third-order valence-electron chi connectivity index (χ3n) is 8.98. The zero-order valence-corrected chi connectivity index (χ0v) is 21.2. The van der Waals surface area contributed by atoms with Crippen LogP contribution in [-0.4, -0.2) is 49.3 Å². The minimum Gasteiger partial charge on any atom is -0.489 e. The lowest BCUT2D eigenvalue weighted by molar-refractivity contribution is -0.300. The summed E-state index contributed by atoms with van der Waals surface area (Å²) in [4.78, 5) is 15.9. The molecular formula is C27H30N2O6S. The minimum absolute atomic E-state index is 0.0633. The van der Waals surface area contributed by atoms with Crippen molar-refractivity contribution in [3.05, 3.63) is 47.0 Å². The van der Waals surface area contributed by atoms with Gasteiger partial charge in [0, 0.05) is 54.0 Å². The molecule has 2 aromatic heterocycles. The molecule has 3 heterocycles. The summed E-state index contributed by atoms with van der Waals surface area (Å²) >= 11 is 0. The van der Waals surface area contributed by atoms with Gasteiger partial charge in [0.05, 0.1) is 18.1 Å². The molecule has 36 heavy (non-hydrogen) atoms. The van der Waals surface area contributed by atoms with Crippen molar-refractivity contribution in [3.63, 3.8) is 0 Å². The van der Waals surface area contributed by atoms with E-state index in [1.165, 1.54) is 10.8 Å². The van der Waals surface area contributed by atoms with E-state index in [1.807, 2.05) is 6.07 Å². The number of ether oxygens (including phenoxy) is 3. The number of rotatable bonds is 4. The Hall–Kier alpha value is -2.62. The van der Waals surface area contributed by atoms with Crippen LogP contribution in [-0.2, 0) is 26.4 Å². The van der Waals surface area contributed by atoms with Gasteiger partial charge >= 0.3 is 0 Å². The maximum absolute atomic E-state index is 12.7. The zero-order chi connectivity index (χ0) is 24.8. The number of aryl methyl sites for hydroxylation is 1.